The van der Waals surface area contributed by atoms with E-state index < -0.39 is 0 Å². The fraction of sp³-hybridized carbons (Fsp3) is 0.412. The molecule has 0 aromatic carbocycles. The van der Waals surface area contributed by atoms with Crippen molar-refractivity contribution < 1.29 is 0 Å². The van der Waals surface area contributed by atoms with Crippen LogP contribution in [0.25, 0.3) is 5.52 Å². The average Bonchev–Trinajstić information content (AvgIpc) is 3.17. The summed E-state index contributed by atoms with van der Waals surface area (Å²) in [5.74, 6) is 0. The maximum atomic E-state index is 4.52. The van der Waals surface area contributed by atoms with Gasteiger partial charge in [-0.05, 0) is 38.3 Å². The number of nitrogens with one attached hydrogen (secondary N) is 1. The highest BCUT2D eigenvalue weighted by Crippen LogP contribution is 2.30. The van der Waals surface area contributed by atoms with Crippen LogP contribution >= 0.6 is 0 Å². The molecule has 5 heteroatoms. The maximum absolute atomic E-state index is 4.52. The van der Waals surface area contributed by atoms with Crippen LogP contribution in [0.4, 0.5) is 0 Å². The molecular weight excluding hydrogens is 274 g/mol. The third kappa shape index (κ3) is 2.22. The second kappa shape index (κ2) is 5.57. The minimum Gasteiger partial charge on any atom is -0.306 e. The molecule has 0 aliphatic heterocycles. The van der Waals surface area contributed by atoms with Gasteiger partial charge in [-0.25, -0.2) is 4.52 Å². The van der Waals surface area contributed by atoms with Crippen LogP contribution in [-0.4, -0.2) is 19.4 Å². The monoisotopic (exact) mass is 295 g/mol. The Balaban J connectivity index is 1.54. The predicted molar refractivity (Wildman–Crippen MR) is 85.6 cm³/mol. The second-order valence-electron chi connectivity index (χ2n) is 5.89. The first-order valence-corrected chi connectivity index (χ1v) is 8.06. The highest BCUT2D eigenvalue weighted by molar-refractivity contribution is 5.53. The molecule has 0 spiro atoms. The van der Waals surface area contributed by atoms with Crippen molar-refractivity contribution >= 4 is 5.52 Å². The van der Waals surface area contributed by atoms with Gasteiger partial charge in [0, 0.05) is 42.1 Å². The van der Waals surface area contributed by atoms with Crippen molar-refractivity contribution in [1.82, 2.24) is 24.7 Å². The van der Waals surface area contributed by atoms with Crippen LogP contribution < -0.4 is 5.32 Å². The quantitative estimate of drug-likeness (QED) is 0.805. The molecule has 0 saturated heterocycles. The summed E-state index contributed by atoms with van der Waals surface area (Å²) in [5.41, 5.74) is 5.21. The summed E-state index contributed by atoms with van der Waals surface area (Å²) in [6.45, 7) is 3.95. The van der Waals surface area contributed by atoms with Gasteiger partial charge in [-0.2, -0.15) is 10.2 Å². The Hall–Kier alpha value is -2.14. The fourth-order valence-corrected chi connectivity index (χ4v) is 3.46. The maximum Gasteiger partial charge on any atom is 0.0706 e. The van der Waals surface area contributed by atoms with Crippen LogP contribution in [0.5, 0.6) is 0 Å². The zero-order valence-corrected chi connectivity index (χ0v) is 12.9. The SMILES string of the molecule is CCn1ncc2c1CCC[C@@H]2NCc1cnn2ccccc12. The van der Waals surface area contributed by atoms with E-state index in [1.54, 1.807) is 0 Å². The first-order chi connectivity index (χ1) is 10.9. The Morgan fingerprint density at radius 1 is 1.27 bits per heavy atom. The number of pyridine rings is 1. The lowest BCUT2D eigenvalue weighted by molar-refractivity contribution is 0.449. The Morgan fingerprint density at radius 2 is 2.23 bits per heavy atom. The summed E-state index contributed by atoms with van der Waals surface area (Å²) in [6, 6.07) is 6.59. The van der Waals surface area contributed by atoms with Gasteiger partial charge in [0.1, 0.15) is 0 Å². The Morgan fingerprint density at radius 3 is 3.14 bits per heavy atom. The van der Waals surface area contributed by atoms with Crippen LogP contribution in [0.15, 0.2) is 36.8 Å². The standard InChI is InChI=1S/C17H21N5/c1-2-21-17-8-5-6-15(14(17)12-20-21)18-10-13-11-19-22-9-4-3-7-16(13)22/h3-4,7,9,11-12,15,18H,2,5-6,8,10H2,1H3/t15-/m0/s1. The lowest BCUT2D eigenvalue weighted by atomic mass is 9.93. The van der Waals surface area contributed by atoms with Gasteiger partial charge < -0.3 is 5.32 Å². The molecule has 0 saturated carbocycles. The molecule has 0 fully saturated rings. The van der Waals surface area contributed by atoms with Crippen molar-refractivity contribution in [3.63, 3.8) is 0 Å². The molecule has 3 aromatic rings. The molecule has 0 bridgehead atoms. The van der Waals surface area contributed by atoms with Crippen molar-refractivity contribution in [2.45, 2.75) is 45.3 Å². The van der Waals surface area contributed by atoms with Gasteiger partial charge >= 0.3 is 0 Å². The van der Waals surface area contributed by atoms with Gasteiger partial charge in [-0.1, -0.05) is 6.07 Å². The molecule has 1 aliphatic carbocycles. The summed E-state index contributed by atoms with van der Waals surface area (Å²) < 4.78 is 4.07. The number of aromatic nitrogens is 4. The molecule has 0 radical (unpaired) electrons. The molecule has 4 rings (SSSR count). The number of nitrogens with zero attached hydrogens (tertiary/aromatic N) is 4. The molecule has 114 valence electrons. The number of aryl methyl sites for hydroxylation is 1. The first kappa shape index (κ1) is 13.5. The van der Waals surface area contributed by atoms with Crippen LogP contribution in [0.3, 0.4) is 0 Å². The number of hydrogen-bond donors (Lipinski definition) is 1. The van der Waals surface area contributed by atoms with E-state index in [2.05, 4.69) is 39.3 Å². The van der Waals surface area contributed by atoms with Gasteiger partial charge in [-0.15, -0.1) is 0 Å². The number of rotatable bonds is 4. The first-order valence-electron chi connectivity index (χ1n) is 8.06. The van der Waals surface area contributed by atoms with Crippen molar-refractivity contribution in [3.05, 3.63) is 53.6 Å². The lowest BCUT2D eigenvalue weighted by Gasteiger charge is -2.24. The van der Waals surface area contributed by atoms with Gasteiger partial charge in [0.25, 0.3) is 0 Å². The van der Waals surface area contributed by atoms with E-state index in [-0.39, 0.29) is 0 Å². The molecule has 0 amide bonds. The van der Waals surface area contributed by atoms with E-state index in [1.165, 1.54) is 35.2 Å². The summed E-state index contributed by atoms with van der Waals surface area (Å²) in [5, 5.41) is 12.6. The zero-order valence-electron chi connectivity index (χ0n) is 12.9. The van der Waals surface area contributed by atoms with E-state index >= 15 is 0 Å². The molecule has 3 aromatic heterocycles. The van der Waals surface area contributed by atoms with Crippen molar-refractivity contribution in [3.8, 4) is 0 Å². The largest absolute Gasteiger partial charge is 0.306 e. The van der Waals surface area contributed by atoms with Crippen LogP contribution in [0, 0.1) is 0 Å². The third-order valence-corrected chi connectivity index (χ3v) is 4.61. The molecule has 0 unspecified atom stereocenters. The minimum absolute atomic E-state index is 0.405. The summed E-state index contributed by atoms with van der Waals surface area (Å²) in [4.78, 5) is 0. The Labute approximate surface area is 130 Å². The topological polar surface area (TPSA) is 47.2 Å². The summed E-state index contributed by atoms with van der Waals surface area (Å²) in [7, 11) is 0. The summed E-state index contributed by atoms with van der Waals surface area (Å²) >= 11 is 0. The van der Waals surface area contributed by atoms with E-state index in [1.807, 2.05) is 29.2 Å². The van der Waals surface area contributed by atoms with Gasteiger partial charge in [0.2, 0.25) is 0 Å². The molecule has 1 aliphatic rings. The zero-order chi connectivity index (χ0) is 14.9. The Bertz CT molecular complexity index is 785. The third-order valence-electron chi connectivity index (χ3n) is 4.61. The molecule has 1 atom stereocenters. The van der Waals surface area contributed by atoms with E-state index in [0.29, 0.717) is 6.04 Å². The molecular formula is C17H21N5. The molecule has 5 nitrogen and oxygen atoms in total. The van der Waals surface area contributed by atoms with Crippen LogP contribution in [0.1, 0.15) is 42.6 Å². The second-order valence-corrected chi connectivity index (χ2v) is 5.89. The minimum atomic E-state index is 0.405. The smallest absolute Gasteiger partial charge is 0.0706 e. The van der Waals surface area contributed by atoms with Gasteiger partial charge in [0.15, 0.2) is 0 Å². The van der Waals surface area contributed by atoms with Crippen LogP contribution in [-0.2, 0) is 19.5 Å². The highest BCUT2D eigenvalue weighted by Gasteiger charge is 2.23. The molecule has 1 N–H and O–H groups in total. The van der Waals surface area contributed by atoms with Crippen molar-refractivity contribution in [2.24, 2.45) is 0 Å². The normalized spacial score (nSPS) is 17.8. The summed E-state index contributed by atoms with van der Waals surface area (Å²) in [6.07, 6.45) is 9.56. The average molecular weight is 295 g/mol. The van der Waals surface area contributed by atoms with E-state index in [4.69, 9.17) is 0 Å². The van der Waals surface area contributed by atoms with Crippen molar-refractivity contribution in [1.29, 1.82) is 0 Å². The fourth-order valence-electron chi connectivity index (χ4n) is 3.46. The Kier molecular flexibility index (Phi) is 3.42. The van der Waals surface area contributed by atoms with Gasteiger partial charge in [-0.3, -0.25) is 4.68 Å². The van der Waals surface area contributed by atoms with E-state index in [0.717, 1.165) is 19.5 Å². The molecule has 3 heterocycles. The number of hydrogen-bond acceptors (Lipinski definition) is 3. The highest BCUT2D eigenvalue weighted by atomic mass is 15.3. The van der Waals surface area contributed by atoms with E-state index in [9.17, 15) is 0 Å². The van der Waals surface area contributed by atoms with Gasteiger partial charge in [0.05, 0.1) is 17.9 Å². The number of fused-ring (bicyclic) bond motifs is 2. The van der Waals surface area contributed by atoms with Crippen LogP contribution in [0.2, 0.25) is 0 Å². The predicted octanol–water partition coefficient (Wildman–Crippen LogP) is 2.72. The molecule has 22 heavy (non-hydrogen) atoms. The lowest BCUT2D eigenvalue weighted by Crippen LogP contribution is -2.25. The van der Waals surface area contributed by atoms with Crippen molar-refractivity contribution in [2.75, 3.05) is 0 Å².